The van der Waals surface area contributed by atoms with Crippen LogP contribution < -0.4 is 0 Å². The van der Waals surface area contributed by atoms with Crippen molar-refractivity contribution >= 4 is 0 Å². The molecule has 0 aromatic heterocycles. The van der Waals surface area contributed by atoms with Crippen LogP contribution in [-0.2, 0) is 0 Å². The summed E-state index contributed by atoms with van der Waals surface area (Å²) < 4.78 is 0.628. The predicted octanol–water partition coefficient (Wildman–Crippen LogP) is 3.51. The topological polar surface area (TPSA) is 0 Å². The first-order valence-electron chi connectivity index (χ1n) is 4.82. The van der Waals surface area contributed by atoms with Gasteiger partial charge < -0.3 is 0 Å². The Hall–Kier alpha value is -1.34. The van der Waals surface area contributed by atoms with Crippen molar-refractivity contribution in [1.82, 2.24) is 0 Å². The van der Waals surface area contributed by atoms with Gasteiger partial charge in [0, 0.05) is 13.3 Å². The maximum Gasteiger partial charge on any atom is 0.124 e. The van der Waals surface area contributed by atoms with Gasteiger partial charge in [-0.1, -0.05) is 12.2 Å². The van der Waals surface area contributed by atoms with Crippen LogP contribution in [0.4, 0.5) is 0 Å². The average Bonchev–Trinajstić information content (AvgIpc) is 2.19. The van der Waals surface area contributed by atoms with Gasteiger partial charge in [-0.05, 0) is 25.3 Å². The summed E-state index contributed by atoms with van der Waals surface area (Å²) >= 11 is 0. The van der Waals surface area contributed by atoms with E-state index < -0.39 is 0 Å². The molecule has 0 aromatic carbocycles. The summed E-state index contributed by atoms with van der Waals surface area (Å²) in [4.78, 5) is 0. The predicted molar refractivity (Wildman–Crippen MR) is 62.2 cm³/mol. The van der Waals surface area contributed by atoms with Gasteiger partial charge in [0.05, 0.1) is 6.20 Å². The Morgan fingerprint density at radius 3 is 2.64 bits per heavy atom. The molecule has 74 valence electrons. The van der Waals surface area contributed by atoms with Crippen molar-refractivity contribution in [3.63, 3.8) is 0 Å². The van der Waals surface area contributed by atoms with Crippen molar-refractivity contribution in [2.75, 3.05) is 0 Å². The van der Waals surface area contributed by atoms with Crippen LogP contribution in [0, 0.1) is 0 Å². The van der Waals surface area contributed by atoms with Crippen LogP contribution in [0.2, 0.25) is 0 Å². The minimum absolute atomic E-state index is 0.354. The van der Waals surface area contributed by atoms with Gasteiger partial charge in [-0.2, -0.15) is 0 Å². The average molecular weight is 188 g/mol. The highest BCUT2D eigenvalue weighted by molar-refractivity contribution is 5.12. The fourth-order valence-corrected chi connectivity index (χ4v) is 1.82. The van der Waals surface area contributed by atoms with E-state index in [-0.39, 0.29) is 0 Å². The maximum absolute atomic E-state index is 4.04. The van der Waals surface area contributed by atoms with Crippen LogP contribution in [0.1, 0.15) is 13.3 Å². The smallest absolute Gasteiger partial charge is 0.124 e. The lowest BCUT2D eigenvalue weighted by molar-refractivity contribution is -0.808. The molecule has 14 heavy (non-hydrogen) atoms. The fraction of sp³-hybridized carbons (Fsp3) is 0.231. The first-order chi connectivity index (χ1) is 6.67. The lowest BCUT2D eigenvalue weighted by Crippen LogP contribution is -2.44. The number of hydrogen-bond donors (Lipinski definition) is 0. The first kappa shape index (κ1) is 10.7. The Balaban J connectivity index is 3.07. The number of allylic oxidation sites excluding steroid dienone is 3. The van der Waals surface area contributed by atoms with E-state index in [4.69, 9.17) is 0 Å². The highest BCUT2D eigenvalue weighted by atomic mass is 15.4. The first-order valence-corrected chi connectivity index (χ1v) is 4.82. The molecule has 1 rings (SSSR count). The van der Waals surface area contributed by atoms with E-state index >= 15 is 0 Å². The second-order valence-electron chi connectivity index (χ2n) is 3.57. The van der Waals surface area contributed by atoms with Crippen LogP contribution >= 0.6 is 0 Å². The molecule has 0 saturated heterocycles. The number of nitrogens with zero attached hydrogens (tertiary/aromatic N) is 1. The van der Waals surface area contributed by atoms with E-state index in [1.165, 1.54) is 0 Å². The van der Waals surface area contributed by atoms with Crippen molar-refractivity contribution in [2.24, 2.45) is 0 Å². The van der Waals surface area contributed by atoms with Gasteiger partial charge in [0.25, 0.3) is 0 Å². The van der Waals surface area contributed by atoms with Crippen LogP contribution in [-0.4, -0.2) is 10.5 Å². The van der Waals surface area contributed by atoms with E-state index in [0.717, 1.165) is 12.1 Å². The van der Waals surface area contributed by atoms with Gasteiger partial charge in [0.2, 0.25) is 0 Å². The van der Waals surface area contributed by atoms with E-state index in [1.54, 1.807) is 0 Å². The molecule has 0 saturated carbocycles. The normalized spacial score (nSPS) is 29.9. The Bertz CT molecular complexity index is 309. The van der Waals surface area contributed by atoms with E-state index in [2.05, 4.69) is 38.1 Å². The molecule has 0 amide bonds. The molecule has 0 bridgehead atoms. The molecular formula is C13H18N+. The van der Waals surface area contributed by atoms with Gasteiger partial charge in [0.1, 0.15) is 17.9 Å². The zero-order valence-electron chi connectivity index (χ0n) is 8.82. The minimum Gasteiger partial charge on any atom is -0.238 e. The molecule has 2 unspecified atom stereocenters. The molecule has 1 heterocycles. The standard InChI is InChI=1S/C13H18N/c1-5-9-13-10-7-8-11-14(13,6-2)12(3)4/h5-8,10-11,13H,1-3,9H2,4H3/q+1. The molecule has 0 aromatic rings. The Labute approximate surface area is 86.6 Å². The van der Waals surface area contributed by atoms with Crippen molar-refractivity contribution in [2.45, 2.75) is 19.4 Å². The summed E-state index contributed by atoms with van der Waals surface area (Å²) in [5, 5.41) is 0. The maximum atomic E-state index is 4.04. The molecule has 0 aliphatic carbocycles. The summed E-state index contributed by atoms with van der Waals surface area (Å²) in [5.41, 5.74) is 1.08. The number of quaternary nitrogens is 1. The molecule has 1 aliphatic heterocycles. The van der Waals surface area contributed by atoms with Gasteiger partial charge in [-0.15, -0.1) is 6.58 Å². The van der Waals surface area contributed by atoms with Gasteiger partial charge in [-0.25, -0.2) is 4.48 Å². The SMILES string of the molecule is C=CCC1C=CC=C[N+]1(C=C)C(=C)C. The van der Waals surface area contributed by atoms with Crippen LogP contribution in [0.25, 0.3) is 0 Å². The largest absolute Gasteiger partial charge is 0.238 e. The zero-order valence-corrected chi connectivity index (χ0v) is 8.82. The van der Waals surface area contributed by atoms with Gasteiger partial charge in [0.15, 0.2) is 0 Å². The Kier molecular flexibility index (Phi) is 3.26. The summed E-state index contributed by atoms with van der Waals surface area (Å²) in [5.74, 6) is 0. The third-order valence-corrected chi connectivity index (χ3v) is 2.70. The fourth-order valence-electron chi connectivity index (χ4n) is 1.82. The van der Waals surface area contributed by atoms with Crippen LogP contribution in [0.3, 0.4) is 0 Å². The molecule has 0 fully saturated rings. The third kappa shape index (κ3) is 1.64. The minimum atomic E-state index is 0.354. The van der Waals surface area contributed by atoms with Crippen molar-refractivity contribution < 1.29 is 4.48 Å². The monoisotopic (exact) mass is 188 g/mol. The number of hydrogen-bond acceptors (Lipinski definition) is 0. The Morgan fingerprint density at radius 2 is 2.14 bits per heavy atom. The van der Waals surface area contributed by atoms with E-state index in [1.807, 2.05) is 25.3 Å². The molecule has 1 aliphatic rings. The molecule has 0 radical (unpaired) electrons. The quantitative estimate of drug-likeness (QED) is 0.468. The lowest BCUT2D eigenvalue weighted by atomic mass is 10.1. The summed E-state index contributed by atoms with van der Waals surface area (Å²) in [6.45, 7) is 13.7. The summed E-state index contributed by atoms with van der Waals surface area (Å²) in [6, 6.07) is 0.354. The zero-order chi connectivity index (χ0) is 10.6. The molecule has 1 heteroatoms. The second kappa shape index (κ2) is 4.25. The van der Waals surface area contributed by atoms with Gasteiger partial charge in [-0.3, -0.25) is 0 Å². The summed E-state index contributed by atoms with van der Waals surface area (Å²) in [6.07, 6.45) is 13.2. The highest BCUT2D eigenvalue weighted by Crippen LogP contribution is 2.29. The third-order valence-electron chi connectivity index (χ3n) is 2.70. The van der Waals surface area contributed by atoms with E-state index in [9.17, 15) is 0 Å². The molecular weight excluding hydrogens is 170 g/mol. The van der Waals surface area contributed by atoms with Crippen LogP contribution in [0.5, 0.6) is 0 Å². The summed E-state index contributed by atoms with van der Waals surface area (Å²) in [7, 11) is 0. The lowest BCUT2D eigenvalue weighted by Gasteiger charge is -2.37. The second-order valence-corrected chi connectivity index (χ2v) is 3.57. The highest BCUT2D eigenvalue weighted by Gasteiger charge is 2.32. The molecule has 0 N–H and O–H groups in total. The molecule has 1 nitrogen and oxygen atoms in total. The molecule has 0 spiro atoms. The van der Waals surface area contributed by atoms with Crippen LogP contribution in [0.15, 0.2) is 62.1 Å². The van der Waals surface area contributed by atoms with E-state index in [0.29, 0.717) is 10.5 Å². The van der Waals surface area contributed by atoms with Crippen molar-refractivity contribution in [3.05, 3.63) is 62.1 Å². The van der Waals surface area contributed by atoms with Crippen molar-refractivity contribution in [3.8, 4) is 0 Å². The van der Waals surface area contributed by atoms with Crippen molar-refractivity contribution in [1.29, 1.82) is 0 Å². The number of rotatable bonds is 4. The van der Waals surface area contributed by atoms with Gasteiger partial charge >= 0.3 is 0 Å². The Morgan fingerprint density at radius 1 is 1.43 bits per heavy atom. The molecule has 2 atom stereocenters.